The van der Waals surface area contributed by atoms with Crippen LogP contribution in [-0.2, 0) is 4.74 Å². The van der Waals surface area contributed by atoms with Crippen LogP contribution in [0.25, 0.3) is 10.3 Å². The van der Waals surface area contributed by atoms with E-state index >= 15 is 0 Å². The van der Waals surface area contributed by atoms with Crippen LogP contribution < -0.4 is 5.32 Å². The molecule has 3 aromatic rings. The third-order valence-corrected chi connectivity index (χ3v) is 6.02. The number of amides is 2. The Morgan fingerprint density at radius 1 is 1.18 bits per heavy atom. The summed E-state index contributed by atoms with van der Waals surface area (Å²) in [6.45, 7) is 9.85. The Hall–Kier alpha value is -3.41. The van der Waals surface area contributed by atoms with Crippen molar-refractivity contribution in [1.82, 2.24) is 29.7 Å². The summed E-state index contributed by atoms with van der Waals surface area (Å²) in [7, 11) is 0. The fourth-order valence-corrected chi connectivity index (χ4v) is 4.30. The molecule has 0 radical (unpaired) electrons. The highest BCUT2D eigenvalue weighted by Gasteiger charge is 2.33. The molecule has 34 heavy (non-hydrogen) atoms. The summed E-state index contributed by atoms with van der Waals surface area (Å²) < 4.78 is 19.6. The Balaban J connectivity index is 1.58. The van der Waals surface area contributed by atoms with Gasteiger partial charge < -0.3 is 15.0 Å². The van der Waals surface area contributed by atoms with E-state index in [2.05, 4.69) is 25.3 Å². The smallest absolute Gasteiger partial charge is 0.411 e. The summed E-state index contributed by atoms with van der Waals surface area (Å²) in [6, 6.07) is 1.01. The number of aryl methyl sites for hydroxylation is 1. The molecule has 180 valence electrons. The second-order valence-electron chi connectivity index (χ2n) is 9.04. The third kappa shape index (κ3) is 5.22. The molecule has 0 saturated carbocycles. The van der Waals surface area contributed by atoms with Crippen molar-refractivity contribution in [3.63, 3.8) is 0 Å². The number of aromatic nitrogens is 4. The van der Waals surface area contributed by atoms with Crippen LogP contribution in [0.2, 0.25) is 0 Å². The highest BCUT2D eigenvalue weighted by molar-refractivity contribution is 7.18. The molecule has 0 spiro atoms. The molecule has 4 rings (SSSR count). The van der Waals surface area contributed by atoms with Gasteiger partial charge in [0.25, 0.3) is 5.91 Å². The van der Waals surface area contributed by atoms with Crippen molar-refractivity contribution in [3.05, 3.63) is 40.5 Å². The first-order chi connectivity index (χ1) is 16.0. The molecule has 1 aliphatic rings. The van der Waals surface area contributed by atoms with Crippen molar-refractivity contribution in [2.45, 2.75) is 46.3 Å². The molecule has 10 nitrogen and oxygen atoms in total. The van der Waals surface area contributed by atoms with Crippen molar-refractivity contribution < 1.29 is 18.7 Å². The third-order valence-electron chi connectivity index (χ3n) is 5.06. The van der Waals surface area contributed by atoms with E-state index in [1.54, 1.807) is 31.9 Å². The molecule has 3 aromatic heterocycles. The monoisotopic (exact) mass is 487 g/mol. The quantitative estimate of drug-likeness (QED) is 0.592. The largest absolute Gasteiger partial charge is 0.444 e. The number of rotatable bonds is 4. The zero-order chi connectivity index (χ0) is 24.6. The number of nitrogens with one attached hydrogen (secondary N) is 1. The molecule has 1 fully saturated rings. The predicted molar refractivity (Wildman–Crippen MR) is 125 cm³/mol. The van der Waals surface area contributed by atoms with Crippen LogP contribution in [-0.4, -0.2) is 67.1 Å². The highest BCUT2D eigenvalue weighted by atomic mass is 32.1. The molecule has 2 amide bonds. The van der Waals surface area contributed by atoms with Crippen LogP contribution in [0, 0.1) is 12.7 Å². The summed E-state index contributed by atoms with van der Waals surface area (Å²) >= 11 is 1.33. The molecular weight excluding hydrogens is 461 g/mol. The zero-order valence-electron chi connectivity index (χ0n) is 19.6. The number of hydrogen-bond acceptors (Lipinski definition) is 9. The fourth-order valence-electron chi connectivity index (χ4n) is 3.46. The van der Waals surface area contributed by atoms with Gasteiger partial charge in [0.2, 0.25) is 5.95 Å². The van der Waals surface area contributed by atoms with Gasteiger partial charge in [-0.15, -0.1) is 11.3 Å². The lowest BCUT2D eigenvalue weighted by Crippen LogP contribution is -2.37. The van der Waals surface area contributed by atoms with Gasteiger partial charge >= 0.3 is 6.09 Å². The first-order valence-corrected chi connectivity index (χ1v) is 11.6. The van der Waals surface area contributed by atoms with Crippen LogP contribution >= 0.6 is 11.3 Å². The molecule has 1 saturated heterocycles. The van der Waals surface area contributed by atoms with Crippen LogP contribution in [0.4, 0.5) is 15.1 Å². The minimum absolute atomic E-state index is 0.102. The first kappa shape index (κ1) is 23.7. The van der Waals surface area contributed by atoms with Gasteiger partial charge in [-0.1, -0.05) is 0 Å². The summed E-state index contributed by atoms with van der Waals surface area (Å²) in [4.78, 5) is 46.1. The number of nitrogens with zero attached hydrogens (tertiary/aromatic N) is 6. The minimum Gasteiger partial charge on any atom is -0.444 e. The van der Waals surface area contributed by atoms with Crippen LogP contribution in [0.15, 0.2) is 18.5 Å². The van der Waals surface area contributed by atoms with Gasteiger partial charge in [0.05, 0.1) is 23.9 Å². The fraction of sp³-hybridized carbons (Fsp3) is 0.455. The van der Waals surface area contributed by atoms with E-state index in [0.717, 1.165) is 11.2 Å². The van der Waals surface area contributed by atoms with E-state index in [1.807, 2.05) is 13.8 Å². The van der Waals surface area contributed by atoms with Gasteiger partial charge in [-0.2, -0.15) is 4.98 Å². The number of carbonyl (C=O) groups excluding carboxylic acids is 2. The summed E-state index contributed by atoms with van der Waals surface area (Å²) in [5.74, 6) is -0.580. The Labute approximate surface area is 200 Å². The van der Waals surface area contributed by atoms with E-state index in [4.69, 9.17) is 4.74 Å². The van der Waals surface area contributed by atoms with E-state index in [9.17, 15) is 14.0 Å². The molecule has 12 heteroatoms. The van der Waals surface area contributed by atoms with Crippen molar-refractivity contribution in [1.29, 1.82) is 0 Å². The lowest BCUT2D eigenvalue weighted by atomic mass is 10.1. The van der Waals surface area contributed by atoms with Crippen LogP contribution in [0.1, 0.15) is 54.8 Å². The molecule has 1 atom stereocenters. The van der Waals surface area contributed by atoms with E-state index < -0.39 is 17.5 Å². The summed E-state index contributed by atoms with van der Waals surface area (Å²) in [5, 5.41) is 3.85. The van der Waals surface area contributed by atoms with E-state index in [1.165, 1.54) is 22.3 Å². The van der Waals surface area contributed by atoms with E-state index in [0.29, 0.717) is 29.0 Å². The molecule has 0 unspecified atom stereocenters. The Morgan fingerprint density at radius 3 is 2.62 bits per heavy atom. The number of pyridine rings is 1. The maximum atomic E-state index is 13.6. The van der Waals surface area contributed by atoms with Crippen molar-refractivity contribution in [2.24, 2.45) is 0 Å². The number of fused-ring (bicyclic) bond motifs is 1. The highest BCUT2D eigenvalue weighted by Crippen LogP contribution is 2.27. The van der Waals surface area contributed by atoms with Gasteiger partial charge in [-0.3, -0.25) is 14.7 Å². The molecule has 0 bridgehead atoms. The Morgan fingerprint density at radius 2 is 1.91 bits per heavy atom. The van der Waals surface area contributed by atoms with Gasteiger partial charge in [0.1, 0.15) is 16.1 Å². The van der Waals surface area contributed by atoms with Crippen molar-refractivity contribution in [3.8, 4) is 0 Å². The number of carbonyl (C=O) groups is 2. The van der Waals surface area contributed by atoms with Gasteiger partial charge in [0, 0.05) is 19.3 Å². The average molecular weight is 488 g/mol. The molecular formula is C22H26FN7O3S. The number of halogens is 1. The second-order valence-corrected chi connectivity index (χ2v) is 10.2. The maximum absolute atomic E-state index is 13.6. The van der Waals surface area contributed by atoms with Crippen molar-refractivity contribution in [2.75, 3.05) is 25.1 Å². The first-order valence-electron chi connectivity index (χ1n) is 10.8. The SMILES string of the molecule is Cc1nc2nc(N[C@@H](C)c3cncc(F)c3)nc(C(=O)N3CCN(C(=O)OC(C)(C)C)C3)c2s1. The van der Waals surface area contributed by atoms with E-state index in [-0.39, 0.29) is 30.3 Å². The van der Waals surface area contributed by atoms with Crippen LogP contribution in [0.5, 0.6) is 0 Å². The molecule has 0 aliphatic carbocycles. The van der Waals surface area contributed by atoms with Gasteiger partial charge in [0.15, 0.2) is 11.3 Å². The predicted octanol–water partition coefficient (Wildman–Crippen LogP) is 3.75. The van der Waals surface area contributed by atoms with Gasteiger partial charge in [-0.25, -0.2) is 19.2 Å². The zero-order valence-corrected chi connectivity index (χ0v) is 20.4. The maximum Gasteiger partial charge on any atom is 0.411 e. The number of ether oxygens (including phenoxy) is 1. The van der Waals surface area contributed by atoms with Gasteiger partial charge in [-0.05, 0) is 46.2 Å². The summed E-state index contributed by atoms with van der Waals surface area (Å²) in [6.07, 6.45) is 2.21. The summed E-state index contributed by atoms with van der Waals surface area (Å²) in [5.41, 5.74) is 0.588. The number of anilines is 1. The lowest BCUT2D eigenvalue weighted by Gasteiger charge is -2.24. The molecule has 1 aliphatic heterocycles. The Kier molecular flexibility index (Phi) is 6.34. The molecule has 0 aromatic carbocycles. The minimum atomic E-state index is -0.623. The topological polar surface area (TPSA) is 113 Å². The van der Waals surface area contributed by atoms with Crippen LogP contribution in [0.3, 0.4) is 0 Å². The standard InChI is InChI=1S/C22H26FN7O3S/c1-12(14-8-15(23)10-24-9-14)25-20-27-16(17-18(28-20)26-13(2)34-17)19(31)29-6-7-30(11-29)21(32)33-22(3,4)5/h8-10,12H,6-7,11H2,1-5H3,(H,25,27,28)/t12-/m0/s1. The molecule has 1 N–H and O–H groups in total. The number of thiazole rings is 1. The second kappa shape index (κ2) is 9.09. The number of hydrogen-bond donors (Lipinski definition) is 1. The normalized spacial score (nSPS) is 15.0. The molecule has 4 heterocycles. The Bertz CT molecular complexity index is 1240. The van der Waals surface area contributed by atoms with Crippen molar-refractivity contribution >= 4 is 39.6 Å². The lowest BCUT2D eigenvalue weighted by molar-refractivity contribution is 0.0265. The average Bonchev–Trinajstić information content (AvgIpc) is 3.38.